The van der Waals surface area contributed by atoms with Gasteiger partial charge in [0.25, 0.3) is 0 Å². The van der Waals surface area contributed by atoms with Gasteiger partial charge in [-0.15, -0.1) is 0 Å². The second-order valence-corrected chi connectivity index (χ2v) is 2.13. The van der Waals surface area contributed by atoms with Gasteiger partial charge in [0.1, 0.15) is 0 Å². The zero-order valence-electron chi connectivity index (χ0n) is 5.51. The first-order valence-corrected chi connectivity index (χ1v) is 4.30. The Labute approximate surface area is 121 Å². The largest absolute Gasteiger partial charge is 2.00 e. The van der Waals surface area contributed by atoms with E-state index in [0.717, 1.165) is 0 Å². The second-order valence-electron chi connectivity index (χ2n) is 1.01. The van der Waals surface area contributed by atoms with Gasteiger partial charge in [-0.2, -0.15) is 0 Å². The first kappa shape index (κ1) is 18.3. The van der Waals surface area contributed by atoms with Crippen molar-refractivity contribution in [2.75, 3.05) is 10.7 Å². The molecule has 0 spiro atoms. The number of rotatable bonds is 2. The van der Waals surface area contributed by atoms with E-state index in [9.17, 15) is 19.8 Å². The molecule has 0 N–H and O–H groups in total. The molecule has 0 bridgehead atoms. The minimum Gasteiger partial charge on any atom is -0.549 e. The van der Waals surface area contributed by atoms with E-state index in [4.69, 9.17) is 0 Å². The van der Waals surface area contributed by atoms with Crippen LogP contribution in [0.3, 0.4) is 0 Å². The van der Waals surface area contributed by atoms with E-state index < -0.39 is 11.9 Å². The molecule has 4 nitrogen and oxygen atoms in total. The van der Waals surface area contributed by atoms with Crippen LogP contribution < -0.4 is 10.2 Å². The SMILES string of the molecule is O=C([O-])CBr.O=C([O-])CBr.[Ba+2]. The van der Waals surface area contributed by atoms with E-state index in [1.807, 2.05) is 0 Å². The van der Waals surface area contributed by atoms with Gasteiger partial charge in [0.2, 0.25) is 0 Å². The summed E-state index contributed by atoms with van der Waals surface area (Å²) >= 11 is 5.30. The predicted octanol–water partition coefficient (Wildman–Crippen LogP) is -2.12. The molecule has 0 saturated carbocycles. The summed E-state index contributed by atoms with van der Waals surface area (Å²) in [7, 11) is 0. The van der Waals surface area contributed by atoms with Gasteiger partial charge >= 0.3 is 48.9 Å². The molecular weight excluding hydrogens is 409 g/mol. The van der Waals surface area contributed by atoms with E-state index in [-0.39, 0.29) is 59.5 Å². The summed E-state index contributed by atoms with van der Waals surface area (Å²) in [5.74, 6) is -2.16. The first-order chi connectivity index (χ1) is 4.54. The average Bonchev–Trinajstić information content (AvgIpc) is 1.89. The molecule has 0 aliphatic carbocycles. The van der Waals surface area contributed by atoms with Crippen LogP contribution in [0.5, 0.6) is 0 Å². The monoisotopic (exact) mass is 412 g/mol. The number of alkyl halides is 2. The van der Waals surface area contributed by atoms with Crippen LogP contribution in [0.25, 0.3) is 0 Å². The van der Waals surface area contributed by atoms with Gasteiger partial charge in [0, 0.05) is 10.7 Å². The zero-order valence-corrected chi connectivity index (χ0v) is 13.1. The van der Waals surface area contributed by atoms with E-state index in [2.05, 4.69) is 31.9 Å². The fraction of sp³-hybridized carbons (Fsp3) is 0.500. The maximum atomic E-state index is 9.21. The number of carboxylic acid groups (broad SMARTS) is 2. The third kappa shape index (κ3) is 34.4. The van der Waals surface area contributed by atoms with Crippen LogP contribution in [0.15, 0.2) is 0 Å². The Kier molecular flexibility index (Phi) is 23.3. The Morgan fingerprint density at radius 2 is 1.09 bits per heavy atom. The summed E-state index contributed by atoms with van der Waals surface area (Å²) in [5.41, 5.74) is 0. The van der Waals surface area contributed by atoms with Crippen molar-refractivity contribution in [1.29, 1.82) is 0 Å². The molecule has 0 unspecified atom stereocenters. The minimum absolute atomic E-state index is 0. The minimum atomic E-state index is -1.08. The number of carboxylic acids is 2. The number of hydrogen-bond donors (Lipinski definition) is 0. The van der Waals surface area contributed by atoms with E-state index >= 15 is 0 Å². The second kappa shape index (κ2) is 14.0. The number of halogens is 2. The smallest absolute Gasteiger partial charge is 0.549 e. The Balaban J connectivity index is -0.000000107. The molecule has 0 rings (SSSR count). The third-order valence-electron chi connectivity index (χ3n) is 0.218. The molecule has 0 fully saturated rings. The van der Waals surface area contributed by atoms with Crippen molar-refractivity contribution < 1.29 is 19.8 Å². The molecule has 0 aromatic carbocycles. The standard InChI is InChI=1S/2C2H3BrO2.Ba/c2*3-1-2(4)5;/h2*1H2,(H,4,5);/q;;+2/p-2. The Morgan fingerprint density at radius 1 is 1.00 bits per heavy atom. The normalized spacial score (nSPS) is 6.73. The van der Waals surface area contributed by atoms with Crippen LogP contribution in [0.2, 0.25) is 0 Å². The van der Waals surface area contributed by atoms with Crippen molar-refractivity contribution in [3.63, 3.8) is 0 Å². The Morgan fingerprint density at radius 3 is 1.09 bits per heavy atom. The van der Waals surface area contributed by atoms with Crippen LogP contribution in [0.1, 0.15) is 0 Å². The van der Waals surface area contributed by atoms with Gasteiger partial charge in [0.15, 0.2) is 0 Å². The number of carbonyl (C=O) groups is 2. The summed E-state index contributed by atoms with van der Waals surface area (Å²) in [6, 6.07) is 0. The van der Waals surface area contributed by atoms with Crippen molar-refractivity contribution in [2.24, 2.45) is 0 Å². The van der Waals surface area contributed by atoms with E-state index in [1.54, 1.807) is 0 Å². The predicted molar refractivity (Wildman–Crippen MR) is 43.4 cm³/mol. The van der Waals surface area contributed by atoms with Crippen molar-refractivity contribution in [2.45, 2.75) is 0 Å². The van der Waals surface area contributed by atoms with Crippen molar-refractivity contribution >= 4 is 92.7 Å². The quantitative estimate of drug-likeness (QED) is 0.383. The number of hydrogen-bond acceptors (Lipinski definition) is 4. The van der Waals surface area contributed by atoms with E-state index in [1.165, 1.54) is 0 Å². The molecule has 0 saturated heterocycles. The van der Waals surface area contributed by atoms with Gasteiger partial charge in [-0.3, -0.25) is 0 Å². The first-order valence-electron chi connectivity index (χ1n) is 2.06. The molecule has 60 valence electrons. The maximum Gasteiger partial charge on any atom is 2.00 e. The molecular formula is C4H4BaBr2O4. The zero-order chi connectivity index (χ0) is 8.57. The van der Waals surface area contributed by atoms with Gasteiger partial charge < -0.3 is 19.8 Å². The summed E-state index contributed by atoms with van der Waals surface area (Å²) in [6.07, 6.45) is 0. The Hall–Kier alpha value is 1.47. The molecule has 0 amide bonds. The topological polar surface area (TPSA) is 80.3 Å². The van der Waals surface area contributed by atoms with Gasteiger partial charge in [-0.1, -0.05) is 31.9 Å². The molecule has 11 heavy (non-hydrogen) atoms. The van der Waals surface area contributed by atoms with Crippen molar-refractivity contribution in [3.05, 3.63) is 0 Å². The summed E-state index contributed by atoms with van der Waals surface area (Å²) in [4.78, 5) is 18.4. The van der Waals surface area contributed by atoms with Crippen LogP contribution >= 0.6 is 31.9 Å². The summed E-state index contributed by atoms with van der Waals surface area (Å²) in [6.45, 7) is 0. The fourth-order valence-electron chi connectivity index (χ4n) is 0. The molecule has 0 radical (unpaired) electrons. The van der Waals surface area contributed by atoms with Crippen LogP contribution in [-0.4, -0.2) is 71.5 Å². The van der Waals surface area contributed by atoms with Crippen LogP contribution in [-0.2, 0) is 9.59 Å². The maximum absolute atomic E-state index is 9.21. The van der Waals surface area contributed by atoms with Crippen molar-refractivity contribution in [1.82, 2.24) is 0 Å². The third-order valence-corrected chi connectivity index (χ3v) is 1.13. The number of aliphatic carboxylic acids is 2. The molecule has 0 aromatic heterocycles. The molecule has 0 heterocycles. The molecule has 7 heteroatoms. The molecule has 0 aliphatic heterocycles. The molecule has 0 aliphatic rings. The summed E-state index contributed by atoms with van der Waals surface area (Å²) in [5, 5.41) is 18.3. The molecule has 0 aromatic rings. The van der Waals surface area contributed by atoms with E-state index in [0.29, 0.717) is 0 Å². The fourth-order valence-corrected chi connectivity index (χ4v) is 0. The summed E-state index contributed by atoms with van der Waals surface area (Å²) < 4.78 is 0. The van der Waals surface area contributed by atoms with Crippen LogP contribution in [0, 0.1) is 0 Å². The Bertz CT molecular complexity index is 105. The van der Waals surface area contributed by atoms with Gasteiger partial charge in [-0.05, 0) is 0 Å². The van der Waals surface area contributed by atoms with Gasteiger partial charge in [-0.25, -0.2) is 0 Å². The average molecular weight is 413 g/mol. The van der Waals surface area contributed by atoms with Gasteiger partial charge in [0.05, 0.1) is 11.9 Å². The molecule has 0 atom stereocenters. The number of carbonyl (C=O) groups excluding carboxylic acids is 2. The van der Waals surface area contributed by atoms with Crippen molar-refractivity contribution in [3.8, 4) is 0 Å². The van der Waals surface area contributed by atoms with Crippen LogP contribution in [0.4, 0.5) is 0 Å².